The minimum atomic E-state index is 0. The molecule has 0 N–H and O–H groups in total. The summed E-state index contributed by atoms with van der Waals surface area (Å²) in [6.07, 6.45) is 6.47. The highest BCUT2D eigenvalue weighted by molar-refractivity contribution is 6.30. The second-order valence-electron chi connectivity index (χ2n) is 3.38. The van der Waals surface area contributed by atoms with E-state index in [0.29, 0.717) is 23.3 Å². The lowest BCUT2D eigenvalue weighted by Gasteiger charge is -2.29. The van der Waals surface area contributed by atoms with Crippen molar-refractivity contribution in [3.05, 3.63) is 22.8 Å². The highest BCUT2D eigenvalue weighted by atomic mass is 35.5. The second-order valence-corrected chi connectivity index (χ2v) is 3.74. The second kappa shape index (κ2) is 5.95. The number of rotatable bonds is 3. The van der Waals surface area contributed by atoms with E-state index in [9.17, 15) is 0 Å². The molecule has 2 rings (SSSR count). The Bertz CT molecular complexity index is 399. The van der Waals surface area contributed by atoms with Gasteiger partial charge in [-0.1, -0.05) is 17.5 Å². The van der Waals surface area contributed by atoms with Gasteiger partial charge in [0.1, 0.15) is 11.9 Å². The van der Waals surface area contributed by atoms with Crippen molar-refractivity contribution in [3.63, 3.8) is 0 Å². The molecule has 3 nitrogen and oxygen atoms in total. The van der Waals surface area contributed by atoms with E-state index >= 15 is 0 Å². The lowest BCUT2D eigenvalue weighted by Crippen LogP contribution is -2.39. The van der Waals surface area contributed by atoms with Crippen LogP contribution in [0.1, 0.15) is 12.0 Å². The zero-order valence-electron chi connectivity index (χ0n) is 8.65. The number of hydrogen-bond acceptors (Lipinski definition) is 3. The first-order valence-electron chi connectivity index (χ1n) is 4.78. The van der Waals surface area contributed by atoms with Gasteiger partial charge in [0.2, 0.25) is 5.88 Å². The maximum Gasteiger partial charge on any atom is 0.216 e. The summed E-state index contributed by atoms with van der Waals surface area (Å²) in [4.78, 5) is 6.23. The van der Waals surface area contributed by atoms with Gasteiger partial charge in [0, 0.05) is 19.2 Å². The summed E-state index contributed by atoms with van der Waals surface area (Å²) >= 11 is 5.85. The largest absolute Gasteiger partial charge is 0.461 e. The van der Waals surface area contributed by atoms with Crippen LogP contribution in [0.2, 0.25) is 5.15 Å². The van der Waals surface area contributed by atoms with Gasteiger partial charge in [0.05, 0.1) is 5.56 Å². The fraction of sp³-hybridized carbons (Fsp3) is 0.364. The number of aromatic nitrogens is 1. The Morgan fingerprint density at radius 1 is 1.50 bits per heavy atom. The smallest absolute Gasteiger partial charge is 0.216 e. The third-order valence-electron chi connectivity index (χ3n) is 2.32. The van der Waals surface area contributed by atoms with Crippen LogP contribution in [0, 0.1) is 12.3 Å². The van der Waals surface area contributed by atoms with Crippen LogP contribution in [-0.2, 0) is 0 Å². The molecule has 0 spiro atoms. The molecule has 0 bridgehead atoms. The molecular formula is C11H12Cl2N2O. The van der Waals surface area contributed by atoms with Crippen LogP contribution in [0.5, 0.6) is 5.88 Å². The normalized spacial score (nSPS) is 14.5. The Morgan fingerprint density at radius 2 is 2.25 bits per heavy atom. The molecule has 1 fully saturated rings. The molecule has 0 aromatic carbocycles. The van der Waals surface area contributed by atoms with Crippen molar-refractivity contribution in [2.75, 3.05) is 19.8 Å². The van der Waals surface area contributed by atoms with E-state index in [2.05, 4.69) is 15.8 Å². The summed E-state index contributed by atoms with van der Waals surface area (Å²) in [5.74, 6) is 2.97. The van der Waals surface area contributed by atoms with E-state index in [1.807, 2.05) is 0 Å². The van der Waals surface area contributed by atoms with Gasteiger partial charge in [0.15, 0.2) is 0 Å². The average molecular weight is 259 g/mol. The van der Waals surface area contributed by atoms with Crippen LogP contribution in [0.4, 0.5) is 0 Å². The van der Waals surface area contributed by atoms with Crippen molar-refractivity contribution in [2.45, 2.75) is 6.42 Å². The zero-order valence-corrected chi connectivity index (χ0v) is 10.2. The third-order valence-corrected chi connectivity index (χ3v) is 2.61. The van der Waals surface area contributed by atoms with Gasteiger partial charge in [-0.05, 0) is 12.5 Å². The summed E-state index contributed by atoms with van der Waals surface area (Å²) in [5, 5.41) is 0.318. The van der Waals surface area contributed by atoms with Crippen LogP contribution in [-0.4, -0.2) is 29.7 Å². The Morgan fingerprint density at radius 3 is 2.75 bits per heavy atom. The minimum Gasteiger partial charge on any atom is -0.461 e. The molecule has 86 valence electrons. The summed E-state index contributed by atoms with van der Waals surface area (Å²) in [6.45, 7) is 2.76. The van der Waals surface area contributed by atoms with Crippen molar-refractivity contribution >= 4 is 24.0 Å². The predicted octanol–water partition coefficient (Wildman–Crippen LogP) is 2.18. The van der Waals surface area contributed by atoms with Gasteiger partial charge in [-0.15, -0.1) is 18.8 Å². The lowest BCUT2D eigenvalue weighted by molar-refractivity contribution is 0.0702. The monoisotopic (exact) mass is 258 g/mol. The standard InChI is InChI=1S/C11H11ClN2O.ClH/c1-2-9-4-5-10(13-11(9)12)15-8-14-6-3-7-14;/h1,4-5H,3,6-8H2;1H. The SMILES string of the molecule is C#Cc1ccc(OCN2CCC2)nc1Cl.Cl. The van der Waals surface area contributed by atoms with E-state index in [0.717, 1.165) is 13.1 Å². The highest BCUT2D eigenvalue weighted by Gasteiger charge is 2.14. The number of nitrogens with zero attached hydrogens (tertiary/aromatic N) is 2. The molecule has 1 saturated heterocycles. The molecule has 0 amide bonds. The van der Waals surface area contributed by atoms with E-state index in [-0.39, 0.29) is 12.4 Å². The first-order valence-corrected chi connectivity index (χ1v) is 5.16. The number of hydrogen-bond donors (Lipinski definition) is 0. The van der Waals surface area contributed by atoms with E-state index in [4.69, 9.17) is 22.8 Å². The van der Waals surface area contributed by atoms with E-state index < -0.39 is 0 Å². The first-order chi connectivity index (χ1) is 7.29. The van der Waals surface area contributed by atoms with E-state index in [1.165, 1.54) is 6.42 Å². The van der Waals surface area contributed by atoms with Gasteiger partial charge in [0.25, 0.3) is 0 Å². The molecule has 2 heterocycles. The van der Waals surface area contributed by atoms with Gasteiger partial charge < -0.3 is 4.74 Å². The summed E-state index contributed by atoms with van der Waals surface area (Å²) in [5.41, 5.74) is 0.591. The molecular weight excluding hydrogens is 247 g/mol. The van der Waals surface area contributed by atoms with Crippen LogP contribution >= 0.6 is 24.0 Å². The number of likely N-dealkylation sites (tertiary alicyclic amines) is 1. The van der Waals surface area contributed by atoms with Crippen LogP contribution < -0.4 is 4.74 Å². The number of ether oxygens (including phenoxy) is 1. The molecule has 0 aliphatic carbocycles. The molecule has 1 aliphatic heterocycles. The first kappa shape index (κ1) is 13.1. The predicted molar refractivity (Wildman–Crippen MR) is 66.1 cm³/mol. The molecule has 1 aliphatic rings. The Kier molecular flexibility index (Phi) is 4.88. The van der Waals surface area contributed by atoms with Crippen molar-refractivity contribution in [3.8, 4) is 18.2 Å². The average Bonchev–Trinajstić information content (AvgIpc) is 2.16. The number of halogens is 2. The van der Waals surface area contributed by atoms with Crippen molar-refractivity contribution in [1.29, 1.82) is 0 Å². The highest BCUT2D eigenvalue weighted by Crippen LogP contribution is 2.17. The molecule has 5 heteroatoms. The summed E-state index contributed by atoms with van der Waals surface area (Å²) in [7, 11) is 0. The quantitative estimate of drug-likeness (QED) is 0.614. The van der Waals surface area contributed by atoms with Crippen LogP contribution in [0.3, 0.4) is 0 Å². The van der Waals surface area contributed by atoms with E-state index in [1.54, 1.807) is 12.1 Å². The number of pyridine rings is 1. The Balaban J connectivity index is 0.00000128. The van der Waals surface area contributed by atoms with Gasteiger partial charge in [-0.2, -0.15) is 0 Å². The maximum absolute atomic E-state index is 5.85. The molecule has 0 unspecified atom stereocenters. The van der Waals surface area contributed by atoms with Crippen molar-refractivity contribution in [2.24, 2.45) is 0 Å². The lowest BCUT2D eigenvalue weighted by atomic mass is 10.2. The zero-order chi connectivity index (χ0) is 10.7. The third kappa shape index (κ3) is 3.02. The maximum atomic E-state index is 5.85. The fourth-order valence-electron chi connectivity index (χ4n) is 1.27. The Labute approximate surface area is 106 Å². The van der Waals surface area contributed by atoms with Crippen LogP contribution in [0.25, 0.3) is 0 Å². The molecule has 1 aromatic heterocycles. The topological polar surface area (TPSA) is 25.4 Å². The fourth-order valence-corrected chi connectivity index (χ4v) is 1.47. The summed E-state index contributed by atoms with van der Waals surface area (Å²) < 4.78 is 5.45. The van der Waals surface area contributed by atoms with Gasteiger partial charge in [-0.25, -0.2) is 4.98 Å². The van der Waals surface area contributed by atoms with Crippen molar-refractivity contribution in [1.82, 2.24) is 9.88 Å². The van der Waals surface area contributed by atoms with Crippen molar-refractivity contribution < 1.29 is 4.74 Å². The molecule has 16 heavy (non-hydrogen) atoms. The minimum absolute atomic E-state index is 0. The Hall–Kier alpha value is -0.950. The number of terminal acetylenes is 1. The van der Waals surface area contributed by atoms with Crippen LogP contribution in [0.15, 0.2) is 12.1 Å². The molecule has 0 atom stereocenters. The molecule has 0 radical (unpaired) electrons. The summed E-state index contributed by atoms with van der Waals surface area (Å²) in [6, 6.07) is 3.47. The molecule has 1 aromatic rings. The molecule has 0 saturated carbocycles. The van der Waals surface area contributed by atoms with Gasteiger partial charge >= 0.3 is 0 Å². The van der Waals surface area contributed by atoms with Gasteiger partial charge in [-0.3, -0.25) is 4.90 Å².